The molecule has 2 aromatic carbocycles. The van der Waals surface area contributed by atoms with Crippen LogP contribution >= 0.6 is 0 Å². The molecule has 2 aliphatic rings. The SMILES string of the molecule is Cc1cn(-c2ncc(/C=C/c3nc4n(n3)CCC[C@@]4(O)c3cc(F)c(F)c(F)c3)cc2C)cn1.Cc1cn(-c2ncc(/C=C/c3nc4n(n3)CCC[C@]4(O)c3cc(F)c(F)c(F)c3)cc2C)cn1. The summed E-state index contributed by atoms with van der Waals surface area (Å²) in [5.74, 6) is -6.10. The van der Waals surface area contributed by atoms with E-state index < -0.39 is 46.1 Å². The van der Waals surface area contributed by atoms with Gasteiger partial charge in [0.2, 0.25) is 0 Å². The van der Waals surface area contributed by atoms with Crippen LogP contribution in [0.4, 0.5) is 26.3 Å². The van der Waals surface area contributed by atoms with Crippen molar-refractivity contribution in [2.45, 2.75) is 77.7 Å². The van der Waals surface area contributed by atoms with Gasteiger partial charge in [0.1, 0.15) is 35.5 Å². The molecular weight excluding hydrogens is 891 g/mol. The van der Waals surface area contributed by atoms with E-state index in [1.54, 1.807) is 49.4 Å². The lowest BCUT2D eigenvalue weighted by Crippen LogP contribution is -2.36. The topological polar surface area (TPSA) is 163 Å². The summed E-state index contributed by atoms with van der Waals surface area (Å²) in [4.78, 5) is 26.3. The van der Waals surface area contributed by atoms with Gasteiger partial charge in [-0.3, -0.25) is 9.13 Å². The molecule has 0 saturated carbocycles. The van der Waals surface area contributed by atoms with Gasteiger partial charge in [0.25, 0.3) is 0 Å². The van der Waals surface area contributed by atoms with Gasteiger partial charge in [0.15, 0.2) is 58.2 Å². The number of benzene rings is 2. The van der Waals surface area contributed by atoms with Crippen LogP contribution in [0.1, 0.15) is 93.7 Å². The van der Waals surface area contributed by atoms with Crippen LogP contribution in [-0.2, 0) is 24.3 Å². The maximum absolute atomic E-state index is 13.8. The van der Waals surface area contributed by atoms with Gasteiger partial charge in [-0.2, -0.15) is 10.2 Å². The maximum atomic E-state index is 13.8. The van der Waals surface area contributed by atoms with Crippen molar-refractivity contribution in [3.8, 4) is 11.6 Å². The summed E-state index contributed by atoms with van der Waals surface area (Å²) in [7, 11) is 0. The Kier molecular flexibility index (Phi) is 12.0. The Morgan fingerprint density at radius 3 is 1.25 bits per heavy atom. The van der Waals surface area contributed by atoms with Gasteiger partial charge in [0, 0.05) is 37.9 Å². The van der Waals surface area contributed by atoms with E-state index in [-0.39, 0.29) is 35.6 Å². The molecule has 8 aromatic rings. The summed E-state index contributed by atoms with van der Waals surface area (Å²) in [5, 5.41) is 31.4. The minimum Gasteiger partial charge on any atom is -0.377 e. The van der Waals surface area contributed by atoms with Gasteiger partial charge in [-0.1, -0.05) is 0 Å². The number of hydrogen-bond donors (Lipinski definition) is 2. The third-order valence-electron chi connectivity index (χ3n) is 11.8. The molecule has 2 atom stereocenters. The van der Waals surface area contributed by atoms with E-state index in [9.17, 15) is 36.6 Å². The Labute approximate surface area is 384 Å². The molecule has 0 saturated heterocycles. The summed E-state index contributed by atoms with van der Waals surface area (Å²) in [6.07, 6.45) is 18.9. The fourth-order valence-corrected chi connectivity index (χ4v) is 8.43. The zero-order valence-corrected chi connectivity index (χ0v) is 37.0. The molecule has 14 nitrogen and oxygen atoms in total. The molecule has 6 aromatic heterocycles. The first-order valence-corrected chi connectivity index (χ1v) is 21.5. The standard InChI is InChI=1S/2C24H21F3N6O/c2*1-14-8-16(11-28-22(14)32-12-15(2)29-13-32)4-5-20-30-23-24(34,6-3-7-33(23)31-20)17-9-18(25)21(27)19(26)10-17/h2*4-5,8-13,34H,3,6-7H2,1-2H3/b2*5-4+/t2*24-/m10/s1. The monoisotopic (exact) mass is 932 g/mol. The van der Waals surface area contributed by atoms with Crippen LogP contribution in [0.5, 0.6) is 0 Å². The van der Waals surface area contributed by atoms with Crippen LogP contribution in [0, 0.1) is 62.6 Å². The predicted octanol–water partition coefficient (Wildman–Crippen LogP) is 8.19. The summed E-state index contributed by atoms with van der Waals surface area (Å²) < 4.78 is 88.9. The molecule has 0 spiro atoms. The van der Waals surface area contributed by atoms with Gasteiger partial charge in [-0.15, -0.1) is 0 Å². The number of halogens is 6. The number of hydrogen-bond acceptors (Lipinski definition) is 10. The van der Waals surface area contributed by atoms with Crippen LogP contribution in [0.3, 0.4) is 0 Å². The molecule has 0 amide bonds. The molecule has 2 N–H and O–H groups in total. The minimum atomic E-state index is -1.78. The fraction of sp³-hybridized carbons (Fsp3) is 0.250. The lowest BCUT2D eigenvalue weighted by Gasteiger charge is -2.31. The molecule has 0 radical (unpaired) electrons. The van der Waals surface area contributed by atoms with Crippen molar-refractivity contribution in [2.75, 3.05) is 0 Å². The summed E-state index contributed by atoms with van der Waals surface area (Å²) >= 11 is 0. The Balaban J connectivity index is 0.000000170. The minimum absolute atomic E-state index is 0.0991. The number of nitrogens with zero attached hydrogens (tertiary/aromatic N) is 12. The first kappa shape index (κ1) is 45.6. The van der Waals surface area contributed by atoms with Gasteiger partial charge < -0.3 is 10.2 Å². The molecule has 0 fully saturated rings. The van der Waals surface area contributed by atoms with Crippen molar-refractivity contribution in [3.05, 3.63) is 177 Å². The number of pyridine rings is 2. The number of fused-ring (bicyclic) bond motifs is 2. The van der Waals surface area contributed by atoms with Gasteiger partial charge in [-0.05, 0) is 147 Å². The Morgan fingerprint density at radius 1 is 0.529 bits per heavy atom. The average molecular weight is 933 g/mol. The van der Waals surface area contributed by atoms with Crippen LogP contribution in [0.2, 0.25) is 0 Å². The third kappa shape index (κ3) is 8.74. The molecule has 348 valence electrons. The second-order valence-corrected chi connectivity index (χ2v) is 16.8. The molecule has 8 heterocycles. The van der Waals surface area contributed by atoms with Crippen molar-refractivity contribution in [2.24, 2.45) is 0 Å². The summed E-state index contributed by atoms with van der Waals surface area (Å²) in [6, 6.07) is 7.13. The molecular formula is C48H42F6N12O2. The van der Waals surface area contributed by atoms with E-state index in [1.807, 2.05) is 61.4 Å². The number of aryl methyl sites for hydroxylation is 6. The highest BCUT2D eigenvalue weighted by atomic mass is 19.2. The molecule has 2 aliphatic heterocycles. The van der Waals surface area contributed by atoms with Crippen molar-refractivity contribution >= 4 is 24.3 Å². The molecule has 0 unspecified atom stereocenters. The van der Waals surface area contributed by atoms with Crippen molar-refractivity contribution in [1.29, 1.82) is 0 Å². The van der Waals surface area contributed by atoms with Crippen LogP contribution in [0.15, 0.2) is 73.8 Å². The van der Waals surface area contributed by atoms with Gasteiger partial charge >= 0.3 is 0 Å². The second-order valence-electron chi connectivity index (χ2n) is 16.8. The van der Waals surface area contributed by atoms with E-state index in [0.717, 1.165) is 69.5 Å². The molecule has 20 heteroatoms. The smallest absolute Gasteiger partial charge is 0.194 e. The highest BCUT2D eigenvalue weighted by Gasteiger charge is 2.42. The van der Waals surface area contributed by atoms with Gasteiger partial charge in [0.05, 0.1) is 11.4 Å². The third-order valence-corrected chi connectivity index (χ3v) is 11.8. The largest absolute Gasteiger partial charge is 0.377 e. The normalized spacial score (nSPS) is 17.9. The summed E-state index contributed by atoms with van der Waals surface area (Å²) in [6.45, 7) is 8.69. The van der Waals surface area contributed by atoms with Crippen LogP contribution in [0.25, 0.3) is 35.9 Å². The maximum Gasteiger partial charge on any atom is 0.194 e. The molecule has 10 rings (SSSR count). The number of aliphatic hydroxyl groups is 2. The predicted molar refractivity (Wildman–Crippen MR) is 237 cm³/mol. The lowest BCUT2D eigenvalue weighted by atomic mass is 9.86. The Bertz CT molecular complexity index is 3020. The number of imidazole rings is 2. The van der Waals surface area contributed by atoms with Crippen LogP contribution < -0.4 is 0 Å². The van der Waals surface area contributed by atoms with E-state index >= 15 is 0 Å². The molecule has 0 bridgehead atoms. The quantitative estimate of drug-likeness (QED) is 0.112. The lowest BCUT2D eigenvalue weighted by molar-refractivity contribution is 0.0385. The highest BCUT2D eigenvalue weighted by molar-refractivity contribution is 5.68. The summed E-state index contributed by atoms with van der Waals surface area (Å²) in [5.41, 5.74) is 1.57. The Hall–Kier alpha value is -7.58. The number of rotatable bonds is 8. The van der Waals surface area contributed by atoms with E-state index in [0.29, 0.717) is 37.6 Å². The average Bonchev–Trinajstić information content (AvgIpc) is 4.14. The van der Waals surface area contributed by atoms with E-state index in [1.165, 1.54) is 9.36 Å². The molecule has 68 heavy (non-hydrogen) atoms. The van der Waals surface area contributed by atoms with E-state index in [4.69, 9.17) is 0 Å². The zero-order chi connectivity index (χ0) is 48.1. The van der Waals surface area contributed by atoms with E-state index in [2.05, 4.69) is 40.1 Å². The van der Waals surface area contributed by atoms with Crippen molar-refractivity contribution < 1.29 is 36.6 Å². The van der Waals surface area contributed by atoms with Crippen molar-refractivity contribution in [1.82, 2.24) is 58.6 Å². The first-order chi connectivity index (χ1) is 32.5. The number of aromatic nitrogens is 12. The first-order valence-electron chi connectivity index (χ1n) is 21.5. The molecule has 0 aliphatic carbocycles. The fourth-order valence-electron chi connectivity index (χ4n) is 8.43. The van der Waals surface area contributed by atoms with Crippen molar-refractivity contribution in [3.63, 3.8) is 0 Å². The van der Waals surface area contributed by atoms with Gasteiger partial charge in [-0.25, -0.2) is 65.6 Å². The zero-order valence-electron chi connectivity index (χ0n) is 37.0. The van der Waals surface area contributed by atoms with Crippen LogP contribution in [-0.4, -0.2) is 68.8 Å². The Morgan fingerprint density at radius 2 is 0.912 bits per heavy atom. The highest BCUT2D eigenvalue weighted by Crippen LogP contribution is 2.39. The second kappa shape index (κ2) is 17.9.